The van der Waals surface area contributed by atoms with Gasteiger partial charge in [-0.05, 0) is 55.4 Å². The Bertz CT molecular complexity index is 693. The van der Waals surface area contributed by atoms with Crippen molar-refractivity contribution in [2.75, 3.05) is 13.2 Å². The molecule has 0 amide bonds. The molecule has 0 saturated heterocycles. The van der Waals surface area contributed by atoms with Crippen molar-refractivity contribution in [2.24, 2.45) is 0 Å². The first-order valence-corrected chi connectivity index (χ1v) is 9.95. The third-order valence-corrected chi connectivity index (χ3v) is 4.70. The summed E-state index contributed by atoms with van der Waals surface area (Å²) in [6.45, 7) is 8.81. The molecule has 27 heavy (non-hydrogen) atoms. The summed E-state index contributed by atoms with van der Waals surface area (Å²) in [7, 11) is 0. The van der Waals surface area contributed by atoms with Gasteiger partial charge < -0.3 is 9.47 Å². The zero-order valence-electron chi connectivity index (χ0n) is 15.6. The van der Waals surface area contributed by atoms with Gasteiger partial charge >= 0.3 is 0 Å². The maximum atomic E-state index is 6.25. The molecule has 0 N–H and O–H groups in total. The first kappa shape index (κ1) is 21.4. The maximum absolute atomic E-state index is 6.25. The monoisotopic (exact) mass is 404 g/mol. The predicted octanol–water partition coefficient (Wildman–Crippen LogP) is 7.08. The second-order valence-electron chi connectivity index (χ2n) is 6.20. The van der Waals surface area contributed by atoms with E-state index in [0.29, 0.717) is 23.3 Å². The van der Waals surface area contributed by atoms with Crippen molar-refractivity contribution in [3.63, 3.8) is 0 Å². The standard InChI is InChI=1S/C23H26Cl2O2/c1-3-10-18-12-8-14-20(24)22(18)26-16-6-5-7-17-27-23-19(11-4-2)13-9-15-21(23)25/h3-4,8-9,12-15H,1-2,5-7,10-11,16-17H2. The second-order valence-corrected chi connectivity index (χ2v) is 7.01. The minimum Gasteiger partial charge on any atom is -0.492 e. The first-order chi connectivity index (χ1) is 13.2. The lowest BCUT2D eigenvalue weighted by molar-refractivity contribution is 0.277. The van der Waals surface area contributed by atoms with Crippen molar-refractivity contribution in [3.8, 4) is 11.5 Å². The molecule has 0 aliphatic carbocycles. The molecule has 0 aliphatic rings. The van der Waals surface area contributed by atoms with Gasteiger partial charge in [0.1, 0.15) is 11.5 Å². The van der Waals surface area contributed by atoms with Gasteiger partial charge in [0.2, 0.25) is 0 Å². The van der Waals surface area contributed by atoms with Crippen LogP contribution in [0.2, 0.25) is 10.0 Å². The highest BCUT2D eigenvalue weighted by molar-refractivity contribution is 6.32. The lowest BCUT2D eigenvalue weighted by Gasteiger charge is -2.13. The van der Waals surface area contributed by atoms with Gasteiger partial charge in [-0.25, -0.2) is 0 Å². The minimum absolute atomic E-state index is 0.627. The fourth-order valence-electron chi connectivity index (χ4n) is 2.79. The topological polar surface area (TPSA) is 18.5 Å². The van der Waals surface area contributed by atoms with E-state index in [0.717, 1.165) is 54.7 Å². The zero-order valence-corrected chi connectivity index (χ0v) is 17.1. The summed E-state index contributed by atoms with van der Waals surface area (Å²) in [6, 6.07) is 11.6. The number of hydrogen-bond acceptors (Lipinski definition) is 2. The molecular formula is C23H26Cl2O2. The molecule has 0 heterocycles. The van der Waals surface area contributed by atoms with E-state index < -0.39 is 0 Å². The van der Waals surface area contributed by atoms with Crippen LogP contribution in [-0.4, -0.2) is 13.2 Å². The number of ether oxygens (including phenoxy) is 2. The molecule has 4 heteroatoms. The zero-order chi connectivity index (χ0) is 19.5. The number of rotatable bonds is 12. The van der Waals surface area contributed by atoms with Crippen LogP contribution in [0.25, 0.3) is 0 Å². The van der Waals surface area contributed by atoms with E-state index in [1.54, 1.807) is 0 Å². The number of allylic oxidation sites excluding steroid dienone is 2. The number of hydrogen-bond donors (Lipinski definition) is 0. The van der Waals surface area contributed by atoms with Gasteiger partial charge in [0.05, 0.1) is 23.3 Å². The van der Waals surface area contributed by atoms with E-state index in [9.17, 15) is 0 Å². The van der Waals surface area contributed by atoms with Crippen LogP contribution >= 0.6 is 23.2 Å². The smallest absolute Gasteiger partial charge is 0.141 e. The summed E-state index contributed by atoms with van der Waals surface area (Å²) in [4.78, 5) is 0. The van der Waals surface area contributed by atoms with Crippen LogP contribution < -0.4 is 9.47 Å². The fraction of sp³-hybridized carbons (Fsp3) is 0.304. The average Bonchev–Trinajstić information content (AvgIpc) is 2.65. The van der Waals surface area contributed by atoms with Crippen molar-refractivity contribution in [1.82, 2.24) is 0 Å². The van der Waals surface area contributed by atoms with E-state index in [4.69, 9.17) is 32.7 Å². The number of halogens is 2. The summed E-state index contributed by atoms with van der Waals surface area (Å²) in [5.74, 6) is 1.53. The molecule has 0 saturated carbocycles. The number of unbranched alkanes of at least 4 members (excludes halogenated alkanes) is 2. The first-order valence-electron chi connectivity index (χ1n) is 9.19. The van der Waals surface area contributed by atoms with Gasteiger partial charge in [0.15, 0.2) is 0 Å². The van der Waals surface area contributed by atoms with Crippen molar-refractivity contribution in [2.45, 2.75) is 32.1 Å². The van der Waals surface area contributed by atoms with Crippen LogP contribution in [0.1, 0.15) is 30.4 Å². The Morgan fingerprint density at radius 3 is 1.56 bits per heavy atom. The van der Waals surface area contributed by atoms with Crippen LogP contribution in [0.3, 0.4) is 0 Å². The molecule has 0 aromatic heterocycles. The van der Waals surface area contributed by atoms with Crippen molar-refractivity contribution in [3.05, 3.63) is 82.9 Å². The van der Waals surface area contributed by atoms with Crippen molar-refractivity contribution in [1.29, 1.82) is 0 Å². The third-order valence-electron chi connectivity index (χ3n) is 4.11. The molecule has 0 radical (unpaired) electrons. The van der Waals surface area contributed by atoms with E-state index in [-0.39, 0.29) is 0 Å². The lowest BCUT2D eigenvalue weighted by Crippen LogP contribution is -2.04. The second kappa shape index (κ2) is 11.7. The van der Waals surface area contributed by atoms with Crippen LogP contribution in [-0.2, 0) is 12.8 Å². The predicted molar refractivity (Wildman–Crippen MR) is 116 cm³/mol. The molecular weight excluding hydrogens is 379 g/mol. The molecule has 0 aliphatic heterocycles. The number of para-hydroxylation sites is 2. The van der Waals surface area contributed by atoms with Gasteiger partial charge in [0.25, 0.3) is 0 Å². The normalized spacial score (nSPS) is 10.4. The van der Waals surface area contributed by atoms with E-state index in [1.807, 2.05) is 48.6 Å². The van der Waals surface area contributed by atoms with Gasteiger partial charge in [-0.3, -0.25) is 0 Å². The SMILES string of the molecule is C=CCc1cccc(Cl)c1OCCCCCOc1c(Cl)cccc1CC=C. The van der Waals surface area contributed by atoms with Crippen LogP contribution in [0, 0.1) is 0 Å². The van der Waals surface area contributed by atoms with E-state index >= 15 is 0 Å². The fourth-order valence-corrected chi connectivity index (χ4v) is 3.29. The molecule has 144 valence electrons. The number of benzene rings is 2. The van der Waals surface area contributed by atoms with E-state index in [2.05, 4.69) is 13.2 Å². The molecule has 2 aromatic carbocycles. The van der Waals surface area contributed by atoms with Crippen molar-refractivity contribution >= 4 is 23.2 Å². The quantitative estimate of drug-likeness (QED) is 0.278. The summed E-state index contributed by atoms with van der Waals surface area (Å²) in [6.07, 6.45) is 8.07. The van der Waals surface area contributed by atoms with Crippen molar-refractivity contribution < 1.29 is 9.47 Å². The summed E-state index contributed by atoms with van der Waals surface area (Å²) in [5.41, 5.74) is 2.13. The van der Waals surface area contributed by atoms with Crippen LogP contribution in [0.4, 0.5) is 0 Å². The van der Waals surface area contributed by atoms with Gasteiger partial charge in [0, 0.05) is 0 Å². The minimum atomic E-state index is 0.627. The summed E-state index contributed by atoms with van der Waals surface area (Å²) >= 11 is 12.5. The Hall–Kier alpha value is -1.90. The molecule has 0 spiro atoms. The molecule has 0 fully saturated rings. The highest BCUT2D eigenvalue weighted by Crippen LogP contribution is 2.30. The summed E-state index contributed by atoms with van der Waals surface area (Å²) < 4.78 is 11.8. The van der Waals surface area contributed by atoms with Gasteiger partial charge in [-0.15, -0.1) is 13.2 Å². The molecule has 0 atom stereocenters. The highest BCUT2D eigenvalue weighted by atomic mass is 35.5. The third kappa shape index (κ3) is 6.64. The Labute approximate surface area is 172 Å². The maximum Gasteiger partial charge on any atom is 0.141 e. The molecule has 2 aromatic rings. The van der Waals surface area contributed by atoms with Crippen LogP contribution in [0.15, 0.2) is 61.7 Å². The summed E-state index contributed by atoms with van der Waals surface area (Å²) in [5, 5.41) is 1.29. The van der Waals surface area contributed by atoms with E-state index in [1.165, 1.54) is 0 Å². The van der Waals surface area contributed by atoms with Crippen LogP contribution in [0.5, 0.6) is 11.5 Å². The largest absolute Gasteiger partial charge is 0.492 e. The average molecular weight is 405 g/mol. The molecule has 2 nitrogen and oxygen atoms in total. The molecule has 2 rings (SSSR count). The molecule has 0 bridgehead atoms. The Morgan fingerprint density at radius 2 is 1.15 bits per heavy atom. The van der Waals surface area contributed by atoms with Gasteiger partial charge in [-0.2, -0.15) is 0 Å². The Kier molecular flexibility index (Phi) is 9.30. The Morgan fingerprint density at radius 1 is 0.704 bits per heavy atom. The lowest BCUT2D eigenvalue weighted by atomic mass is 10.1. The van der Waals surface area contributed by atoms with Gasteiger partial charge in [-0.1, -0.05) is 59.6 Å². The highest BCUT2D eigenvalue weighted by Gasteiger charge is 2.08. The Balaban J connectivity index is 1.73. The molecule has 0 unspecified atom stereocenters.